The molecule has 156 valence electrons. The summed E-state index contributed by atoms with van der Waals surface area (Å²) in [7, 11) is 5.16. The van der Waals surface area contributed by atoms with Crippen LogP contribution in [0.15, 0.2) is 70.5 Å². The number of carbonyl (C=O) groups is 1. The molecule has 8 nitrogen and oxygen atoms in total. The predicted octanol–water partition coefficient (Wildman–Crippen LogP) is 0.437. The maximum atomic E-state index is 12.0. The number of nitrogens with zero attached hydrogens (tertiary/aromatic N) is 1. The Morgan fingerprint density at radius 3 is 1.21 bits per heavy atom. The monoisotopic (exact) mass is 410 g/mol. The van der Waals surface area contributed by atoms with E-state index in [-0.39, 0.29) is 5.96 Å². The summed E-state index contributed by atoms with van der Waals surface area (Å²) < 4.78 is 25.1. The molecule has 0 fully saturated rings. The Morgan fingerprint density at radius 2 is 1.04 bits per heavy atom. The van der Waals surface area contributed by atoms with Gasteiger partial charge in [-0.1, -0.05) is 36.4 Å². The van der Waals surface area contributed by atoms with E-state index in [9.17, 15) is 8.42 Å². The number of aliphatic carboxylic acids is 1. The maximum Gasteiger partial charge on any atom is 0.206 e. The minimum Gasteiger partial charge on any atom is -0.550 e. The Kier molecular flexibility index (Phi) is 13.0. The Morgan fingerprint density at radius 1 is 0.857 bits per heavy atom. The first-order chi connectivity index (χ1) is 12.7. The summed E-state index contributed by atoms with van der Waals surface area (Å²) >= 11 is 0. The number of rotatable bonds is 2. The molecule has 0 aliphatic carbocycles. The molecule has 0 spiro atoms. The largest absolute Gasteiger partial charge is 0.550 e. The molecule has 2 aromatic rings. The third-order valence-corrected chi connectivity index (χ3v) is 3.89. The molecule has 28 heavy (non-hydrogen) atoms. The molecule has 2 rings (SSSR count). The smallest absolute Gasteiger partial charge is 0.206 e. The van der Waals surface area contributed by atoms with Crippen molar-refractivity contribution in [3.63, 3.8) is 0 Å². The number of hydrogen-bond donors (Lipinski definition) is 3. The predicted molar refractivity (Wildman–Crippen MR) is 109 cm³/mol. The van der Waals surface area contributed by atoms with Crippen LogP contribution in [0.3, 0.4) is 0 Å². The van der Waals surface area contributed by atoms with Crippen LogP contribution >= 0.6 is 0 Å². The molecule has 0 heterocycles. The van der Waals surface area contributed by atoms with Gasteiger partial charge in [0.15, 0.2) is 5.96 Å². The fraction of sp³-hybridized carbons (Fsp3) is 0.263. The van der Waals surface area contributed by atoms with Gasteiger partial charge in [0.2, 0.25) is 9.84 Å². The number of benzene rings is 2. The molecule has 0 bridgehead atoms. The van der Waals surface area contributed by atoms with E-state index >= 15 is 0 Å². The fourth-order valence-corrected chi connectivity index (χ4v) is 2.64. The number of nitrogens with one attached hydrogen (secondary N) is 1. The Bertz CT molecular complexity index is 731. The highest BCUT2D eigenvalue weighted by atomic mass is 32.2. The van der Waals surface area contributed by atoms with E-state index in [4.69, 9.17) is 15.3 Å². The lowest BCUT2D eigenvalue weighted by Crippen LogP contribution is -2.27. The van der Waals surface area contributed by atoms with Crippen LogP contribution in [-0.4, -0.2) is 53.0 Å². The van der Waals surface area contributed by atoms with E-state index in [1.54, 1.807) is 60.7 Å². The SMILES string of the molecule is CC(=O)[O-].C[N+](C)(C)C.N=C(N)N.O=S(=O)(c1ccccc1)c1ccccc1. The number of sulfone groups is 1. The molecule has 0 aromatic heterocycles. The van der Waals surface area contributed by atoms with Gasteiger partial charge in [-0.2, -0.15) is 0 Å². The Balaban J connectivity index is 0. The first-order valence-corrected chi connectivity index (χ1v) is 9.57. The van der Waals surface area contributed by atoms with Gasteiger partial charge in [-0.3, -0.25) is 5.41 Å². The van der Waals surface area contributed by atoms with Crippen LogP contribution in [-0.2, 0) is 14.6 Å². The zero-order chi connectivity index (χ0) is 22.4. The van der Waals surface area contributed by atoms with Crippen LogP contribution in [0.5, 0.6) is 0 Å². The molecule has 0 saturated heterocycles. The Labute approximate surface area is 167 Å². The lowest BCUT2D eigenvalue weighted by atomic mass is 10.4. The van der Waals surface area contributed by atoms with E-state index in [0.717, 1.165) is 11.4 Å². The zero-order valence-corrected chi connectivity index (χ0v) is 17.7. The molecular formula is C19H30N4O4S. The van der Waals surface area contributed by atoms with Gasteiger partial charge in [-0.25, -0.2) is 8.42 Å². The molecule has 9 heteroatoms. The topological polar surface area (TPSA) is 150 Å². The summed E-state index contributed by atoms with van der Waals surface area (Å²) in [5, 5.41) is 14.9. The molecule has 2 aromatic carbocycles. The molecule has 0 unspecified atom stereocenters. The summed E-state index contributed by atoms with van der Waals surface area (Å²) in [5.41, 5.74) is 8.94. The van der Waals surface area contributed by atoms with Crippen molar-refractivity contribution in [1.82, 2.24) is 0 Å². The van der Waals surface area contributed by atoms with Gasteiger partial charge in [0.05, 0.1) is 38.0 Å². The maximum absolute atomic E-state index is 12.0. The first kappa shape index (κ1) is 27.3. The van der Waals surface area contributed by atoms with Crippen molar-refractivity contribution in [2.45, 2.75) is 16.7 Å². The summed E-state index contributed by atoms with van der Waals surface area (Å²) in [6.45, 7) is 0.972. The lowest BCUT2D eigenvalue weighted by molar-refractivity contribution is -0.849. The highest BCUT2D eigenvalue weighted by Gasteiger charge is 2.15. The van der Waals surface area contributed by atoms with Crippen LogP contribution in [0.2, 0.25) is 0 Å². The Hall–Kier alpha value is -2.91. The van der Waals surface area contributed by atoms with Gasteiger partial charge in [0.25, 0.3) is 0 Å². The minimum absolute atomic E-state index is 0.330. The number of nitrogens with two attached hydrogens (primary N) is 2. The van der Waals surface area contributed by atoms with Crippen LogP contribution in [0, 0.1) is 5.41 Å². The molecule has 0 amide bonds. The normalized spacial score (nSPS) is 9.89. The minimum atomic E-state index is -3.34. The van der Waals surface area contributed by atoms with Crippen LogP contribution in [0.4, 0.5) is 0 Å². The average Bonchev–Trinajstić information content (AvgIpc) is 2.54. The molecule has 0 saturated carbocycles. The second-order valence-electron chi connectivity index (χ2n) is 6.76. The molecule has 0 aliphatic rings. The molecule has 0 radical (unpaired) electrons. The molecule has 0 aliphatic heterocycles. The summed E-state index contributed by atoms with van der Waals surface area (Å²) in [6, 6.07) is 16.9. The summed E-state index contributed by atoms with van der Waals surface area (Å²) in [6.07, 6.45) is 0. The van der Waals surface area contributed by atoms with Gasteiger partial charge >= 0.3 is 0 Å². The van der Waals surface area contributed by atoms with Crippen LogP contribution in [0.1, 0.15) is 6.92 Å². The zero-order valence-electron chi connectivity index (χ0n) is 16.9. The average molecular weight is 411 g/mol. The number of guanidine groups is 1. The fourth-order valence-electron chi connectivity index (χ4n) is 1.34. The summed E-state index contributed by atoms with van der Waals surface area (Å²) in [4.78, 5) is 9.55. The van der Waals surface area contributed by atoms with E-state index in [2.05, 4.69) is 39.7 Å². The number of carbonyl (C=O) groups excluding carboxylic acids is 1. The molecule has 0 atom stereocenters. The highest BCUT2D eigenvalue weighted by Crippen LogP contribution is 2.19. The quantitative estimate of drug-likeness (QED) is 0.371. The van der Waals surface area contributed by atoms with Crippen molar-refractivity contribution >= 4 is 21.8 Å². The van der Waals surface area contributed by atoms with Crippen molar-refractivity contribution in [2.75, 3.05) is 28.2 Å². The van der Waals surface area contributed by atoms with Gasteiger partial charge < -0.3 is 25.9 Å². The second-order valence-corrected chi connectivity index (χ2v) is 8.71. The molecule has 5 N–H and O–H groups in total. The number of hydrogen-bond acceptors (Lipinski definition) is 5. The van der Waals surface area contributed by atoms with Gasteiger partial charge in [0, 0.05) is 5.97 Å². The third kappa shape index (κ3) is 17.9. The number of carboxylic acid groups (broad SMARTS) is 1. The van der Waals surface area contributed by atoms with Crippen molar-refractivity contribution in [1.29, 1.82) is 5.41 Å². The standard InChI is InChI=1S/C12H10O2S.C4H12N.C2H4O2.CH5N3/c13-15(14,11-7-3-1-4-8-11)12-9-5-2-6-10-12;1-5(2,3)4;1-2(3)4;2-1(3)4/h1-10H;1-4H3;1H3,(H,3,4);(H5,2,3,4)/q;+1;;/p-1. The van der Waals surface area contributed by atoms with Gasteiger partial charge in [0.1, 0.15) is 0 Å². The first-order valence-electron chi connectivity index (χ1n) is 8.09. The van der Waals surface area contributed by atoms with Crippen molar-refractivity contribution < 1.29 is 22.8 Å². The van der Waals surface area contributed by atoms with Crippen LogP contribution in [0.25, 0.3) is 0 Å². The number of carboxylic acids is 1. The van der Waals surface area contributed by atoms with Gasteiger partial charge in [-0.15, -0.1) is 0 Å². The third-order valence-electron chi connectivity index (χ3n) is 2.11. The van der Waals surface area contributed by atoms with E-state index < -0.39 is 15.8 Å². The van der Waals surface area contributed by atoms with E-state index in [1.807, 2.05) is 0 Å². The van der Waals surface area contributed by atoms with Gasteiger partial charge in [-0.05, 0) is 31.2 Å². The highest BCUT2D eigenvalue weighted by molar-refractivity contribution is 7.91. The molecular weight excluding hydrogens is 380 g/mol. The number of quaternary nitrogens is 1. The van der Waals surface area contributed by atoms with Crippen molar-refractivity contribution in [2.24, 2.45) is 11.5 Å². The second kappa shape index (κ2) is 13.3. The van der Waals surface area contributed by atoms with Crippen molar-refractivity contribution in [3.05, 3.63) is 60.7 Å². The van der Waals surface area contributed by atoms with Crippen molar-refractivity contribution in [3.8, 4) is 0 Å². The van der Waals surface area contributed by atoms with Crippen LogP contribution < -0.4 is 16.6 Å². The lowest BCUT2D eigenvalue weighted by Gasteiger charge is -2.14. The van der Waals surface area contributed by atoms with E-state index in [1.165, 1.54) is 0 Å². The summed E-state index contributed by atoms with van der Waals surface area (Å²) in [5.74, 6) is -1.42. The van der Waals surface area contributed by atoms with E-state index in [0.29, 0.717) is 9.79 Å².